The van der Waals surface area contributed by atoms with Gasteiger partial charge in [0.2, 0.25) is 0 Å². The van der Waals surface area contributed by atoms with Crippen molar-refractivity contribution in [3.63, 3.8) is 0 Å². The third-order valence-corrected chi connectivity index (χ3v) is 6.98. The van der Waals surface area contributed by atoms with Gasteiger partial charge in [-0.3, -0.25) is 4.79 Å². The van der Waals surface area contributed by atoms with Crippen molar-refractivity contribution < 1.29 is 19.5 Å². The van der Waals surface area contributed by atoms with Crippen LogP contribution in [0.5, 0.6) is 11.5 Å². The average molecular weight is 581 g/mol. The number of nitrogens with zero attached hydrogens (tertiary/aromatic N) is 1. The van der Waals surface area contributed by atoms with Gasteiger partial charge in [-0.15, -0.1) is 0 Å². The van der Waals surface area contributed by atoms with E-state index in [1.807, 2.05) is 36.4 Å². The summed E-state index contributed by atoms with van der Waals surface area (Å²) in [5, 5.41) is 12.1. The summed E-state index contributed by atoms with van der Waals surface area (Å²) in [5.41, 5.74) is 2.08. The molecule has 0 radical (unpaired) electrons. The number of hydrogen-bond acceptors (Lipinski definition) is 5. The van der Waals surface area contributed by atoms with Crippen LogP contribution in [0.3, 0.4) is 0 Å². The molecule has 1 N–H and O–H groups in total. The summed E-state index contributed by atoms with van der Waals surface area (Å²) < 4.78 is 13.7. The Labute approximate surface area is 212 Å². The zero-order valence-electron chi connectivity index (χ0n) is 19.2. The van der Waals surface area contributed by atoms with E-state index >= 15 is 0 Å². The Hall–Kier alpha value is -1.86. The van der Waals surface area contributed by atoms with Crippen LogP contribution in [-0.4, -0.2) is 28.9 Å². The van der Waals surface area contributed by atoms with Gasteiger partial charge >= 0.3 is 0 Å². The summed E-state index contributed by atoms with van der Waals surface area (Å²) in [5.74, 6) is 1.58. The van der Waals surface area contributed by atoms with E-state index in [-0.39, 0.29) is 5.78 Å². The van der Waals surface area contributed by atoms with Crippen molar-refractivity contribution in [3.05, 3.63) is 56.5 Å². The first-order valence-corrected chi connectivity index (χ1v) is 13.1. The summed E-state index contributed by atoms with van der Waals surface area (Å²) in [4.78, 5) is 11.5. The summed E-state index contributed by atoms with van der Waals surface area (Å²) in [7, 11) is 0. The van der Waals surface area contributed by atoms with Crippen LogP contribution in [0.2, 0.25) is 0 Å². The van der Waals surface area contributed by atoms with Gasteiger partial charge in [-0.05, 0) is 102 Å². The maximum Gasteiger partial charge on any atom is 0.163 e. The number of halogens is 2. The van der Waals surface area contributed by atoms with Gasteiger partial charge in [0, 0.05) is 14.5 Å². The molecule has 7 heteroatoms. The molecule has 2 saturated carbocycles. The standard InChI is InChI=1S/C13H16BrNO2.C13H15BrO2/c1-9(15-16)12-8-10(14)6-7-13(12)17-11-4-2-3-5-11;1-9(15)12-8-10(14)6-7-13(12)16-11-4-2-3-5-11/h6-8,11,16H,2-5H2,1H3;6-8,11H,2-5H2,1H3. The van der Waals surface area contributed by atoms with Crippen LogP contribution >= 0.6 is 31.9 Å². The SMILES string of the molecule is CC(=NO)c1cc(Br)ccc1OC1CCCC1.CC(=O)c1cc(Br)ccc1OC1CCCC1. The normalized spacial score (nSPS) is 16.9. The van der Waals surface area contributed by atoms with E-state index in [4.69, 9.17) is 14.7 Å². The molecule has 33 heavy (non-hydrogen) atoms. The van der Waals surface area contributed by atoms with Gasteiger partial charge in [0.05, 0.1) is 23.5 Å². The molecule has 0 bridgehead atoms. The molecule has 4 rings (SSSR count). The monoisotopic (exact) mass is 579 g/mol. The van der Waals surface area contributed by atoms with Gasteiger partial charge in [0.1, 0.15) is 11.5 Å². The van der Waals surface area contributed by atoms with E-state index in [1.165, 1.54) is 25.7 Å². The quantitative estimate of drug-likeness (QED) is 0.163. The Morgan fingerprint density at radius 2 is 1.24 bits per heavy atom. The predicted octanol–water partition coefficient (Wildman–Crippen LogP) is 7.94. The van der Waals surface area contributed by atoms with E-state index in [9.17, 15) is 4.79 Å². The number of hydrogen-bond donors (Lipinski definition) is 1. The van der Waals surface area contributed by atoms with Crippen molar-refractivity contribution in [3.8, 4) is 11.5 Å². The fourth-order valence-corrected chi connectivity index (χ4v) is 4.92. The highest BCUT2D eigenvalue weighted by molar-refractivity contribution is 9.10. The lowest BCUT2D eigenvalue weighted by atomic mass is 10.1. The molecule has 0 unspecified atom stereocenters. The lowest BCUT2D eigenvalue weighted by Gasteiger charge is -2.16. The maximum atomic E-state index is 11.5. The van der Waals surface area contributed by atoms with Gasteiger partial charge in [0.25, 0.3) is 0 Å². The van der Waals surface area contributed by atoms with Crippen LogP contribution < -0.4 is 9.47 Å². The Morgan fingerprint density at radius 3 is 1.67 bits per heavy atom. The molecule has 0 saturated heterocycles. The van der Waals surface area contributed by atoms with Crippen molar-refractivity contribution in [2.45, 2.75) is 77.4 Å². The van der Waals surface area contributed by atoms with Gasteiger partial charge < -0.3 is 14.7 Å². The zero-order chi connectivity index (χ0) is 23.8. The third-order valence-electron chi connectivity index (χ3n) is 5.99. The Bertz CT molecular complexity index is 980. The number of ether oxygens (including phenoxy) is 2. The van der Waals surface area contributed by atoms with Gasteiger partial charge in [0.15, 0.2) is 5.78 Å². The van der Waals surface area contributed by atoms with Crippen molar-refractivity contribution in [2.24, 2.45) is 5.16 Å². The number of rotatable bonds is 6. The molecular weight excluding hydrogens is 550 g/mol. The molecule has 0 aliphatic heterocycles. The summed E-state index contributed by atoms with van der Waals surface area (Å²) in [6.45, 7) is 3.34. The minimum absolute atomic E-state index is 0.0503. The van der Waals surface area contributed by atoms with Crippen molar-refractivity contribution in [1.82, 2.24) is 0 Å². The average Bonchev–Trinajstić information content (AvgIpc) is 3.50. The number of carbonyl (C=O) groups excluding carboxylic acids is 1. The molecule has 0 atom stereocenters. The predicted molar refractivity (Wildman–Crippen MR) is 138 cm³/mol. The summed E-state index contributed by atoms with van der Waals surface area (Å²) in [6.07, 6.45) is 9.98. The smallest absolute Gasteiger partial charge is 0.163 e. The van der Waals surface area contributed by atoms with E-state index in [1.54, 1.807) is 13.8 Å². The lowest BCUT2D eigenvalue weighted by Crippen LogP contribution is -2.13. The van der Waals surface area contributed by atoms with E-state index < -0.39 is 0 Å². The molecule has 2 aliphatic carbocycles. The topological polar surface area (TPSA) is 68.1 Å². The second-order valence-electron chi connectivity index (χ2n) is 8.57. The number of benzene rings is 2. The third kappa shape index (κ3) is 7.57. The fraction of sp³-hybridized carbons (Fsp3) is 0.462. The molecule has 0 spiro atoms. The minimum Gasteiger partial charge on any atom is -0.490 e. The highest BCUT2D eigenvalue weighted by Gasteiger charge is 2.20. The second-order valence-corrected chi connectivity index (χ2v) is 10.4. The molecule has 5 nitrogen and oxygen atoms in total. The van der Waals surface area contributed by atoms with E-state index in [0.29, 0.717) is 23.5 Å². The molecule has 2 fully saturated rings. The Kier molecular flexibility index (Phi) is 9.80. The molecule has 2 aromatic carbocycles. The number of ketones is 1. The fourth-order valence-electron chi connectivity index (χ4n) is 4.19. The second kappa shape index (κ2) is 12.6. The van der Waals surface area contributed by atoms with Crippen LogP contribution in [-0.2, 0) is 0 Å². The Morgan fingerprint density at radius 1 is 0.818 bits per heavy atom. The van der Waals surface area contributed by atoms with Crippen molar-refractivity contribution >= 4 is 43.4 Å². The molecular formula is C26H31Br2NO4. The number of Topliss-reactive ketones (excluding diaryl/α,β-unsaturated/α-hetero) is 1. The van der Waals surface area contributed by atoms with Crippen LogP contribution in [0.1, 0.15) is 81.1 Å². The zero-order valence-corrected chi connectivity index (χ0v) is 22.3. The summed E-state index contributed by atoms with van der Waals surface area (Å²) in [6, 6.07) is 11.4. The Balaban J connectivity index is 0.000000186. The minimum atomic E-state index is 0.0503. The van der Waals surface area contributed by atoms with Crippen LogP contribution in [0.15, 0.2) is 50.5 Å². The number of oxime groups is 1. The van der Waals surface area contributed by atoms with Gasteiger partial charge in [-0.2, -0.15) is 0 Å². The van der Waals surface area contributed by atoms with Gasteiger partial charge in [-0.25, -0.2) is 0 Å². The van der Waals surface area contributed by atoms with Crippen molar-refractivity contribution in [2.75, 3.05) is 0 Å². The first-order valence-electron chi connectivity index (χ1n) is 11.5. The first kappa shape index (κ1) is 25.8. The highest BCUT2D eigenvalue weighted by atomic mass is 79.9. The van der Waals surface area contributed by atoms with E-state index in [2.05, 4.69) is 37.0 Å². The van der Waals surface area contributed by atoms with Crippen LogP contribution in [0.25, 0.3) is 0 Å². The highest BCUT2D eigenvalue weighted by Crippen LogP contribution is 2.30. The van der Waals surface area contributed by atoms with Crippen LogP contribution in [0.4, 0.5) is 0 Å². The molecule has 0 heterocycles. The molecule has 2 aliphatic rings. The van der Waals surface area contributed by atoms with Gasteiger partial charge in [-0.1, -0.05) is 37.0 Å². The van der Waals surface area contributed by atoms with Crippen molar-refractivity contribution in [1.29, 1.82) is 0 Å². The molecule has 0 aromatic heterocycles. The van der Waals surface area contributed by atoms with Crippen LogP contribution in [0, 0.1) is 0 Å². The summed E-state index contributed by atoms with van der Waals surface area (Å²) >= 11 is 6.78. The maximum absolute atomic E-state index is 11.5. The number of carbonyl (C=O) groups is 1. The van der Waals surface area contributed by atoms with E-state index in [0.717, 1.165) is 51.7 Å². The largest absolute Gasteiger partial charge is 0.490 e. The molecule has 178 valence electrons. The first-order chi connectivity index (χ1) is 15.9. The lowest BCUT2D eigenvalue weighted by molar-refractivity contribution is 0.101. The molecule has 2 aromatic rings. The molecule has 0 amide bonds.